The highest BCUT2D eigenvalue weighted by atomic mass is 79.9. The molecule has 6 heteroatoms. The van der Waals surface area contributed by atoms with Crippen LogP contribution in [0.25, 0.3) is 22.6 Å². The van der Waals surface area contributed by atoms with Crippen LogP contribution in [-0.2, 0) is 0 Å². The van der Waals surface area contributed by atoms with E-state index in [0.717, 1.165) is 11.1 Å². The number of anilines is 1. The quantitative estimate of drug-likeness (QED) is 0.502. The first-order valence-corrected chi connectivity index (χ1v) is 8.43. The minimum absolute atomic E-state index is 0.229. The van der Waals surface area contributed by atoms with E-state index in [9.17, 15) is 4.79 Å². The van der Waals surface area contributed by atoms with Crippen LogP contribution in [0, 0.1) is 6.92 Å². The van der Waals surface area contributed by atoms with Gasteiger partial charge in [-0.3, -0.25) is 4.79 Å². The van der Waals surface area contributed by atoms with Crippen LogP contribution in [-0.4, -0.2) is 10.9 Å². The monoisotopic (exact) mass is 396 g/mol. The largest absolute Gasteiger partial charge is 0.444 e. The number of aryl methyl sites for hydroxylation is 1. The second-order valence-corrected chi connectivity index (χ2v) is 6.36. The van der Waals surface area contributed by atoms with E-state index in [4.69, 9.17) is 8.83 Å². The molecule has 2 heterocycles. The number of benzene rings is 2. The number of hydrogen-bond acceptors (Lipinski definition) is 4. The molecule has 0 aliphatic heterocycles. The summed E-state index contributed by atoms with van der Waals surface area (Å²) in [7, 11) is 0. The Balaban J connectivity index is 1.64. The number of nitrogens with zero attached hydrogens (tertiary/aromatic N) is 1. The van der Waals surface area contributed by atoms with E-state index in [1.165, 1.54) is 0 Å². The maximum Gasteiger partial charge on any atom is 0.291 e. The fraction of sp³-hybridized carbons (Fsp3) is 0.0526. The van der Waals surface area contributed by atoms with E-state index in [-0.39, 0.29) is 11.7 Å². The number of nitrogens with one attached hydrogen (secondary N) is 1. The van der Waals surface area contributed by atoms with Crippen LogP contribution in [0.2, 0.25) is 0 Å². The molecule has 4 aromatic rings. The Morgan fingerprint density at radius 1 is 1.08 bits per heavy atom. The van der Waals surface area contributed by atoms with E-state index in [1.807, 2.05) is 31.2 Å². The molecule has 0 saturated carbocycles. The molecule has 1 amide bonds. The Kier molecular flexibility index (Phi) is 3.89. The van der Waals surface area contributed by atoms with Crippen LogP contribution in [0.3, 0.4) is 0 Å². The smallest absolute Gasteiger partial charge is 0.291 e. The highest BCUT2D eigenvalue weighted by molar-refractivity contribution is 9.10. The second-order valence-electron chi connectivity index (χ2n) is 5.57. The van der Waals surface area contributed by atoms with E-state index in [2.05, 4.69) is 26.2 Å². The summed E-state index contributed by atoms with van der Waals surface area (Å²) in [5.74, 6) is 0.465. The van der Waals surface area contributed by atoms with Gasteiger partial charge in [0.1, 0.15) is 5.52 Å². The highest BCUT2D eigenvalue weighted by Crippen LogP contribution is 2.28. The first-order chi connectivity index (χ1) is 12.1. The SMILES string of the molecule is Cc1ccccc1-c1nc2cc(NC(=O)c3ccc(Br)o3)ccc2o1. The van der Waals surface area contributed by atoms with Crippen molar-refractivity contribution in [3.05, 3.63) is 70.6 Å². The minimum Gasteiger partial charge on any atom is -0.444 e. The van der Waals surface area contributed by atoms with E-state index < -0.39 is 0 Å². The third-order valence-electron chi connectivity index (χ3n) is 3.82. The molecule has 0 fully saturated rings. The average molecular weight is 397 g/mol. The lowest BCUT2D eigenvalue weighted by Gasteiger charge is -2.02. The maximum atomic E-state index is 12.2. The second kappa shape index (κ2) is 6.22. The normalized spacial score (nSPS) is 11.0. The lowest BCUT2D eigenvalue weighted by atomic mass is 10.1. The van der Waals surface area contributed by atoms with Crippen LogP contribution in [0.1, 0.15) is 16.1 Å². The molecule has 0 aliphatic rings. The van der Waals surface area contributed by atoms with Crippen molar-refractivity contribution >= 4 is 38.6 Å². The molecule has 4 rings (SSSR count). The zero-order chi connectivity index (χ0) is 17.4. The topological polar surface area (TPSA) is 68.3 Å². The van der Waals surface area contributed by atoms with E-state index >= 15 is 0 Å². The van der Waals surface area contributed by atoms with Gasteiger partial charge in [0, 0.05) is 11.3 Å². The van der Waals surface area contributed by atoms with Crippen molar-refractivity contribution in [3.63, 3.8) is 0 Å². The Morgan fingerprint density at radius 3 is 2.68 bits per heavy atom. The van der Waals surface area contributed by atoms with Crippen LogP contribution >= 0.6 is 15.9 Å². The number of amides is 1. The third kappa shape index (κ3) is 3.08. The molecule has 0 spiro atoms. The number of halogens is 1. The molecule has 1 N–H and O–H groups in total. The Bertz CT molecular complexity index is 1080. The summed E-state index contributed by atoms with van der Waals surface area (Å²) >= 11 is 3.18. The Morgan fingerprint density at radius 2 is 1.92 bits per heavy atom. The van der Waals surface area contributed by atoms with Crippen molar-refractivity contribution in [1.29, 1.82) is 0 Å². The van der Waals surface area contributed by atoms with Gasteiger partial charge in [-0.1, -0.05) is 18.2 Å². The summed E-state index contributed by atoms with van der Waals surface area (Å²) in [6, 6.07) is 16.5. The Labute approximate surface area is 151 Å². The van der Waals surface area contributed by atoms with Gasteiger partial charge in [-0.25, -0.2) is 4.98 Å². The minimum atomic E-state index is -0.326. The van der Waals surface area contributed by atoms with Crippen molar-refractivity contribution in [2.24, 2.45) is 0 Å². The van der Waals surface area contributed by atoms with Crippen molar-refractivity contribution < 1.29 is 13.6 Å². The number of fused-ring (bicyclic) bond motifs is 1. The zero-order valence-electron chi connectivity index (χ0n) is 13.2. The lowest BCUT2D eigenvalue weighted by Crippen LogP contribution is -2.10. The van der Waals surface area contributed by atoms with Gasteiger partial charge in [0.25, 0.3) is 5.91 Å². The maximum absolute atomic E-state index is 12.2. The fourth-order valence-electron chi connectivity index (χ4n) is 2.56. The summed E-state index contributed by atoms with van der Waals surface area (Å²) in [5.41, 5.74) is 4.00. The third-order valence-corrected chi connectivity index (χ3v) is 4.24. The number of hydrogen-bond donors (Lipinski definition) is 1. The molecule has 2 aromatic carbocycles. The highest BCUT2D eigenvalue weighted by Gasteiger charge is 2.13. The lowest BCUT2D eigenvalue weighted by molar-refractivity contribution is 0.0995. The van der Waals surface area contributed by atoms with Crippen molar-refractivity contribution in [2.75, 3.05) is 5.32 Å². The molecule has 0 saturated heterocycles. The van der Waals surface area contributed by atoms with Gasteiger partial charge in [-0.15, -0.1) is 0 Å². The zero-order valence-corrected chi connectivity index (χ0v) is 14.8. The fourth-order valence-corrected chi connectivity index (χ4v) is 2.87. The number of rotatable bonds is 3. The summed E-state index contributed by atoms with van der Waals surface area (Å²) in [4.78, 5) is 16.7. The van der Waals surface area contributed by atoms with Crippen molar-refractivity contribution in [1.82, 2.24) is 4.98 Å². The molecule has 0 atom stereocenters. The molecule has 0 aliphatic carbocycles. The molecule has 0 radical (unpaired) electrons. The van der Waals surface area contributed by atoms with Gasteiger partial charge in [-0.2, -0.15) is 0 Å². The molecular formula is C19H13BrN2O3. The van der Waals surface area contributed by atoms with Gasteiger partial charge in [-0.05, 0) is 64.8 Å². The number of furan rings is 1. The summed E-state index contributed by atoms with van der Waals surface area (Å²) in [6.07, 6.45) is 0. The van der Waals surface area contributed by atoms with Gasteiger partial charge < -0.3 is 14.2 Å². The van der Waals surface area contributed by atoms with Crippen molar-refractivity contribution in [3.8, 4) is 11.5 Å². The van der Waals surface area contributed by atoms with E-state index in [1.54, 1.807) is 30.3 Å². The van der Waals surface area contributed by atoms with E-state index in [0.29, 0.717) is 27.3 Å². The van der Waals surface area contributed by atoms with Crippen LogP contribution in [0.15, 0.2) is 68.1 Å². The molecule has 25 heavy (non-hydrogen) atoms. The van der Waals surface area contributed by atoms with Crippen LogP contribution < -0.4 is 5.32 Å². The number of aromatic nitrogens is 1. The van der Waals surface area contributed by atoms with Gasteiger partial charge in [0.15, 0.2) is 16.0 Å². The Hall–Kier alpha value is -2.86. The molecule has 124 valence electrons. The molecule has 5 nitrogen and oxygen atoms in total. The first kappa shape index (κ1) is 15.7. The van der Waals surface area contributed by atoms with Crippen molar-refractivity contribution in [2.45, 2.75) is 6.92 Å². The number of carbonyl (C=O) groups excluding carboxylic acids is 1. The standard InChI is InChI=1S/C19H13BrN2O3/c1-11-4-2-3-5-13(11)19-22-14-10-12(6-7-15(14)25-19)21-18(23)16-8-9-17(20)24-16/h2-10H,1H3,(H,21,23). The average Bonchev–Trinajstić information content (AvgIpc) is 3.21. The van der Waals surface area contributed by atoms with Gasteiger partial charge in [0.05, 0.1) is 0 Å². The molecule has 0 unspecified atom stereocenters. The van der Waals surface area contributed by atoms with Crippen LogP contribution in [0.4, 0.5) is 5.69 Å². The van der Waals surface area contributed by atoms with Gasteiger partial charge in [0.2, 0.25) is 5.89 Å². The summed E-state index contributed by atoms with van der Waals surface area (Å²) < 4.78 is 11.6. The predicted octanol–water partition coefficient (Wildman–Crippen LogP) is 5.41. The predicted molar refractivity (Wildman–Crippen MR) is 98.5 cm³/mol. The summed E-state index contributed by atoms with van der Waals surface area (Å²) in [6.45, 7) is 2.01. The summed E-state index contributed by atoms with van der Waals surface area (Å²) in [5, 5.41) is 2.79. The molecular weight excluding hydrogens is 384 g/mol. The molecule has 2 aromatic heterocycles. The number of carbonyl (C=O) groups is 1. The van der Waals surface area contributed by atoms with Gasteiger partial charge >= 0.3 is 0 Å². The first-order valence-electron chi connectivity index (χ1n) is 7.63. The van der Waals surface area contributed by atoms with Crippen LogP contribution in [0.5, 0.6) is 0 Å². The molecule has 0 bridgehead atoms. The number of oxazole rings is 1.